The van der Waals surface area contributed by atoms with E-state index in [0.717, 1.165) is 22.7 Å². The zero-order valence-corrected chi connectivity index (χ0v) is 18.3. The Hall–Kier alpha value is -4.04. The van der Waals surface area contributed by atoms with Gasteiger partial charge in [0.15, 0.2) is 5.11 Å². The molecule has 1 aromatic carbocycles. The number of hydrogen-bond donors (Lipinski definition) is 2. The van der Waals surface area contributed by atoms with Crippen LogP contribution in [0.1, 0.15) is 39.6 Å². The smallest absolute Gasteiger partial charge is 0.335 e. The first-order valence-electron chi connectivity index (χ1n) is 10.4. The Morgan fingerprint density at radius 3 is 2.42 bits per heavy atom. The molecule has 0 radical (unpaired) electrons. The van der Waals surface area contributed by atoms with Crippen molar-refractivity contribution in [2.75, 3.05) is 0 Å². The number of nitrogens with zero attached hydrogens (tertiary/aromatic N) is 3. The highest BCUT2D eigenvalue weighted by Gasteiger charge is 2.41. The topological polar surface area (TPSA) is 91.5 Å². The van der Waals surface area contributed by atoms with E-state index in [1.165, 1.54) is 0 Å². The van der Waals surface area contributed by atoms with E-state index in [1.54, 1.807) is 36.7 Å². The summed E-state index contributed by atoms with van der Waals surface area (Å²) in [6, 6.07) is 21.6. The predicted molar refractivity (Wildman–Crippen MR) is 126 cm³/mol. The van der Waals surface area contributed by atoms with Crippen molar-refractivity contribution in [2.24, 2.45) is 0 Å². The van der Waals surface area contributed by atoms with Crippen molar-refractivity contribution >= 4 is 23.3 Å². The van der Waals surface area contributed by atoms with E-state index in [-0.39, 0.29) is 17.6 Å². The monoisotopic (exact) mass is 456 g/mol. The van der Waals surface area contributed by atoms with Gasteiger partial charge in [-0.2, -0.15) is 0 Å². The average Bonchev–Trinajstić information content (AvgIpc) is 3.45. The first-order valence-corrected chi connectivity index (χ1v) is 10.8. The largest absolute Gasteiger partial charge is 0.478 e. The fourth-order valence-corrected chi connectivity index (χ4v) is 4.30. The fourth-order valence-electron chi connectivity index (χ4n) is 3.99. The summed E-state index contributed by atoms with van der Waals surface area (Å²) in [6.07, 6.45) is 3.52. The number of carboxylic acid groups (broad SMARTS) is 1. The lowest BCUT2D eigenvalue weighted by atomic mass is 10.0. The van der Waals surface area contributed by atoms with Gasteiger partial charge in [0.1, 0.15) is 17.6 Å². The number of pyridine rings is 2. The van der Waals surface area contributed by atoms with E-state index in [2.05, 4.69) is 20.2 Å². The van der Waals surface area contributed by atoms with Gasteiger partial charge >= 0.3 is 5.97 Å². The Kier molecular flexibility index (Phi) is 5.58. The van der Waals surface area contributed by atoms with Crippen molar-refractivity contribution in [1.29, 1.82) is 0 Å². The van der Waals surface area contributed by atoms with E-state index >= 15 is 0 Å². The van der Waals surface area contributed by atoms with Crippen LogP contribution in [0.25, 0.3) is 11.3 Å². The van der Waals surface area contributed by atoms with Crippen LogP contribution in [0, 0.1) is 0 Å². The number of aromatic carboxylic acids is 1. The maximum Gasteiger partial charge on any atom is 0.335 e. The summed E-state index contributed by atoms with van der Waals surface area (Å²) in [5, 5.41) is 13.1. The van der Waals surface area contributed by atoms with E-state index in [1.807, 2.05) is 48.5 Å². The summed E-state index contributed by atoms with van der Waals surface area (Å²) < 4.78 is 6.29. The minimum atomic E-state index is -0.962. The summed E-state index contributed by atoms with van der Waals surface area (Å²) in [4.78, 5) is 22.2. The molecule has 0 spiro atoms. The second-order valence-electron chi connectivity index (χ2n) is 7.66. The third kappa shape index (κ3) is 4.20. The number of thiocarbonyl (C=S) groups is 1. The molecule has 0 amide bonds. The van der Waals surface area contributed by atoms with Crippen LogP contribution in [0.2, 0.25) is 0 Å². The summed E-state index contributed by atoms with van der Waals surface area (Å²) in [5.74, 6) is 0.416. The van der Waals surface area contributed by atoms with Crippen LogP contribution < -0.4 is 5.32 Å². The van der Waals surface area contributed by atoms with Crippen molar-refractivity contribution in [3.8, 4) is 11.3 Å². The van der Waals surface area contributed by atoms with Crippen molar-refractivity contribution in [3.05, 3.63) is 108 Å². The molecule has 2 atom stereocenters. The van der Waals surface area contributed by atoms with Crippen molar-refractivity contribution in [1.82, 2.24) is 20.2 Å². The summed E-state index contributed by atoms with van der Waals surface area (Å²) in [6.45, 7) is 0.518. The van der Waals surface area contributed by atoms with E-state index in [0.29, 0.717) is 17.4 Å². The molecule has 5 rings (SSSR count). The third-order valence-electron chi connectivity index (χ3n) is 5.59. The summed E-state index contributed by atoms with van der Waals surface area (Å²) >= 11 is 5.69. The Balaban J connectivity index is 1.51. The van der Waals surface area contributed by atoms with Crippen LogP contribution in [0.4, 0.5) is 0 Å². The summed E-state index contributed by atoms with van der Waals surface area (Å²) in [7, 11) is 0. The number of aromatic nitrogens is 2. The molecule has 3 aromatic heterocycles. The van der Waals surface area contributed by atoms with Gasteiger partial charge in [0.25, 0.3) is 0 Å². The molecule has 1 aliphatic heterocycles. The number of benzene rings is 1. The maximum atomic E-state index is 11.2. The Bertz CT molecular complexity index is 1280. The van der Waals surface area contributed by atoms with Crippen LogP contribution in [-0.2, 0) is 6.54 Å². The van der Waals surface area contributed by atoms with E-state index < -0.39 is 5.97 Å². The van der Waals surface area contributed by atoms with Crippen LogP contribution in [-0.4, -0.2) is 31.1 Å². The van der Waals surface area contributed by atoms with Crippen molar-refractivity contribution < 1.29 is 14.3 Å². The van der Waals surface area contributed by atoms with Crippen LogP contribution >= 0.6 is 12.2 Å². The van der Waals surface area contributed by atoms with Crippen molar-refractivity contribution in [2.45, 2.75) is 18.6 Å². The highest BCUT2D eigenvalue weighted by molar-refractivity contribution is 7.80. The molecular weight excluding hydrogens is 436 g/mol. The van der Waals surface area contributed by atoms with Gasteiger partial charge in [0, 0.05) is 18.0 Å². The molecule has 7 nitrogen and oxygen atoms in total. The van der Waals surface area contributed by atoms with Gasteiger partial charge in [-0.15, -0.1) is 0 Å². The Morgan fingerprint density at radius 1 is 1.00 bits per heavy atom. The zero-order chi connectivity index (χ0) is 22.8. The molecule has 164 valence electrons. The predicted octanol–water partition coefficient (Wildman–Crippen LogP) is 4.61. The van der Waals surface area contributed by atoms with Gasteiger partial charge in [-0.05, 0) is 60.7 Å². The molecule has 33 heavy (non-hydrogen) atoms. The van der Waals surface area contributed by atoms with Crippen molar-refractivity contribution in [3.63, 3.8) is 0 Å². The van der Waals surface area contributed by atoms with Gasteiger partial charge < -0.3 is 19.7 Å². The third-order valence-corrected chi connectivity index (χ3v) is 5.94. The lowest BCUT2D eigenvalue weighted by Crippen LogP contribution is -2.29. The van der Waals surface area contributed by atoms with Crippen LogP contribution in [0.3, 0.4) is 0 Å². The van der Waals surface area contributed by atoms with Gasteiger partial charge in [0.2, 0.25) is 0 Å². The molecule has 2 N–H and O–H groups in total. The highest BCUT2D eigenvalue weighted by atomic mass is 32.1. The van der Waals surface area contributed by atoms with Crippen LogP contribution in [0.15, 0.2) is 89.6 Å². The van der Waals surface area contributed by atoms with E-state index in [4.69, 9.17) is 21.7 Å². The lowest BCUT2D eigenvalue weighted by molar-refractivity contribution is 0.0697. The van der Waals surface area contributed by atoms with Gasteiger partial charge in [-0.25, -0.2) is 4.79 Å². The first-order chi connectivity index (χ1) is 16.1. The second kappa shape index (κ2) is 8.84. The molecule has 0 aliphatic carbocycles. The molecule has 0 bridgehead atoms. The Labute approximate surface area is 195 Å². The molecule has 4 aromatic rings. The quantitative estimate of drug-likeness (QED) is 0.407. The molecule has 0 saturated carbocycles. The molecule has 0 unspecified atom stereocenters. The standard InChI is InChI=1S/C25H20N4O3S/c30-24(31)17-9-7-16(8-10-17)20-11-12-21(32-20)23-22(19-6-2-4-14-27-19)28-25(33)29(23)15-18-5-1-3-13-26-18/h1-14,22-23H,15H2,(H,28,33)(H,30,31)/t22-,23+/m1/s1. The fraction of sp³-hybridized carbons (Fsp3) is 0.120. The van der Waals surface area contributed by atoms with E-state index in [9.17, 15) is 4.79 Å². The van der Waals surface area contributed by atoms with Gasteiger partial charge in [0.05, 0.1) is 29.5 Å². The number of carboxylic acids is 1. The number of furan rings is 1. The number of nitrogens with one attached hydrogen (secondary N) is 1. The molecular formula is C25H20N4O3S. The lowest BCUT2D eigenvalue weighted by Gasteiger charge is -2.25. The highest BCUT2D eigenvalue weighted by Crippen LogP contribution is 2.41. The molecule has 8 heteroatoms. The maximum absolute atomic E-state index is 11.2. The minimum absolute atomic E-state index is 0.198. The average molecular weight is 457 g/mol. The Morgan fingerprint density at radius 2 is 1.76 bits per heavy atom. The molecule has 4 heterocycles. The number of carbonyl (C=O) groups is 1. The second-order valence-corrected chi connectivity index (χ2v) is 8.05. The number of rotatable bonds is 6. The molecule has 1 aliphatic rings. The molecule has 1 saturated heterocycles. The normalized spacial score (nSPS) is 17.7. The minimum Gasteiger partial charge on any atom is -0.478 e. The van der Waals surface area contributed by atoms with Gasteiger partial charge in [-0.1, -0.05) is 24.3 Å². The number of hydrogen-bond acceptors (Lipinski definition) is 5. The summed E-state index contributed by atoms with van der Waals surface area (Å²) in [5.41, 5.74) is 2.78. The van der Waals surface area contributed by atoms with Gasteiger partial charge in [-0.3, -0.25) is 9.97 Å². The SMILES string of the molecule is O=C(O)c1ccc(-c2ccc([C@H]3[C@@H](c4ccccn4)NC(=S)N3Cc3ccccn3)o2)cc1. The van der Waals surface area contributed by atoms with Crippen LogP contribution in [0.5, 0.6) is 0 Å². The first kappa shape index (κ1) is 20.8. The molecule has 1 fully saturated rings. The zero-order valence-electron chi connectivity index (χ0n) is 17.5.